The second-order valence-electron chi connectivity index (χ2n) is 7.55. The van der Waals surface area contributed by atoms with Crippen LogP contribution in [-0.4, -0.2) is 36.2 Å². The van der Waals surface area contributed by atoms with E-state index in [1.807, 2.05) is 24.4 Å². The smallest absolute Gasteiger partial charge is 0.244 e. The molecule has 1 atom stereocenters. The van der Waals surface area contributed by atoms with Crippen LogP contribution in [0.1, 0.15) is 24.0 Å². The monoisotopic (exact) mass is 475 g/mol. The van der Waals surface area contributed by atoms with E-state index in [1.165, 1.54) is 51.0 Å². The third kappa shape index (κ3) is 4.52. The molecule has 2 aromatic carbocycles. The Morgan fingerprint density at radius 3 is 2.61 bits per heavy atom. The first kappa shape index (κ1) is 22.0. The molecule has 1 N–H and O–H groups in total. The Kier molecular flexibility index (Phi) is 6.16. The van der Waals surface area contributed by atoms with Crippen molar-refractivity contribution in [1.82, 2.24) is 9.29 Å². The van der Waals surface area contributed by atoms with Crippen LogP contribution in [0.2, 0.25) is 5.02 Å². The maximum atomic E-state index is 13.1. The number of amides is 1. The van der Waals surface area contributed by atoms with Crippen LogP contribution in [0.4, 0.5) is 5.13 Å². The van der Waals surface area contributed by atoms with Crippen molar-refractivity contribution in [3.8, 4) is 11.3 Å². The fraction of sp³-hybridized carbons (Fsp3) is 0.273. The summed E-state index contributed by atoms with van der Waals surface area (Å²) in [7, 11) is -3.79. The van der Waals surface area contributed by atoms with Gasteiger partial charge in [-0.25, -0.2) is 13.4 Å². The van der Waals surface area contributed by atoms with Crippen LogP contribution in [-0.2, 0) is 14.8 Å². The highest BCUT2D eigenvalue weighted by molar-refractivity contribution is 7.89. The number of aromatic nitrogens is 1. The molecule has 0 saturated carbocycles. The molecular formula is C22H22ClN3O3S2. The average molecular weight is 476 g/mol. The van der Waals surface area contributed by atoms with Crippen LogP contribution in [0.5, 0.6) is 0 Å². The second-order valence-corrected chi connectivity index (χ2v) is 10.7. The summed E-state index contributed by atoms with van der Waals surface area (Å²) in [6.45, 7) is 4.40. The maximum Gasteiger partial charge on any atom is 0.244 e. The summed E-state index contributed by atoms with van der Waals surface area (Å²) in [6.07, 6.45) is 1.09. The zero-order chi connectivity index (χ0) is 22.2. The van der Waals surface area contributed by atoms with Gasteiger partial charge in [0.1, 0.15) is 6.04 Å². The Hall–Kier alpha value is -2.26. The molecule has 9 heteroatoms. The number of anilines is 1. The molecular weight excluding hydrogens is 454 g/mol. The van der Waals surface area contributed by atoms with Crippen molar-refractivity contribution in [3.05, 3.63) is 64.0 Å². The molecule has 0 radical (unpaired) electrons. The van der Waals surface area contributed by atoms with Gasteiger partial charge in [0, 0.05) is 22.5 Å². The molecule has 1 saturated heterocycles. The average Bonchev–Trinajstić information content (AvgIpc) is 3.40. The lowest BCUT2D eigenvalue weighted by molar-refractivity contribution is -0.119. The van der Waals surface area contributed by atoms with Gasteiger partial charge in [-0.1, -0.05) is 23.7 Å². The van der Waals surface area contributed by atoms with Crippen molar-refractivity contribution in [2.24, 2.45) is 0 Å². The molecule has 31 heavy (non-hydrogen) atoms. The van der Waals surface area contributed by atoms with E-state index >= 15 is 0 Å². The Morgan fingerprint density at radius 1 is 1.16 bits per heavy atom. The van der Waals surface area contributed by atoms with E-state index in [9.17, 15) is 13.2 Å². The lowest BCUT2D eigenvalue weighted by atomic mass is 10.1. The first-order chi connectivity index (χ1) is 14.8. The first-order valence-electron chi connectivity index (χ1n) is 9.87. The molecule has 162 valence electrons. The Bertz CT molecular complexity index is 1220. The van der Waals surface area contributed by atoms with E-state index in [4.69, 9.17) is 11.6 Å². The number of hydrogen-bond acceptors (Lipinski definition) is 5. The molecule has 3 aromatic rings. The predicted octanol–water partition coefficient (Wildman–Crippen LogP) is 4.87. The molecule has 1 aliphatic rings. The number of thiazole rings is 1. The Balaban J connectivity index is 1.51. The molecule has 0 bridgehead atoms. The maximum absolute atomic E-state index is 13.1. The quantitative estimate of drug-likeness (QED) is 0.570. The van der Waals surface area contributed by atoms with Gasteiger partial charge in [-0.3, -0.25) is 4.79 Å². The van der Waals surface area contributed by atoms with Gasteiger partial charge in [-0.05, 0) is 68.1 Å². The Labute approximate surface area is 190 Å². The standard InChI is InChI=1S/C22H22ClN3O3S2/c1-14-5-6-16(12-15(14)2)19-13-30-22(24-19)25-21(27)20-4-3-11-26(20)31(28,29)18-9-7-17(23)8-10-18/h5-10,12-13,20H,3-4,11H2,1-2H3,(H,24,25,27). The number of benzene rings is 2. The zero-order valence-corrected chi connectivity index (χ0v) is 19.5. The van der Waals surface area contributed by atoms with Gasteiger partial charge in [0.05, 0.1) is 10.6 Å². The normalized spacial score (nSPS) is 17.1. The predicted molar refractivity (Wildman–Crippen MR) is 124 cm³/mol. The van der Waals surface area contributed by atoms with Crippen LogP contribution < -0.4 is 5.32 Å². The molecule has 1 fully saturated rings. The Morgan fingerprint density at radius 2 is 1.90 bits per heavy atom. The molecule has 1 unspecified atom stereocenters. The van der Waals surface area contributed by atoms with E-state index < -0.39 is 16.1 Å². The van der Waals surface area contributed by atoms with Crippen LogP contribution in [0.3, 0.4) is 0 Å². The number of aryl methyl sites for hydroxylation is 2. The van der Waals surface area contributed by atoms with Crippen molar-refractivity contribution in [2.45, 2.75) is 37.6 Å². The van der Waals surface area contributed by atoms with Gasteiger partial charge in [0.2, 0.25) is 15.9 Å². The molecule has 1 amide bonds. The first-order valence-corrected chi connectivity index (χ1v) is 12.6. The van der Waals surface area contributed by atoms with E-state index in [0.29, 0.717) is 29.5 Å². The summed E-state index contributed by atoms with van der Waals surface area (Å²) < 4.78 is 27.4. The minimum Gasteiger partial charge on any atom is -0.301 e. The molecule has 2 heterocycles. The van der Waals surface area contributed by atoms with Crippen LogP contribution >= 0.6 is 22.9 Å². The third-order valence-electron chi connectivity index (χ3n) is 5.46. The van der Waals surface area contributed by atoms with E-state index in [2.05, 4.69) is 23.3 Å². The molecule has 4 rings (SSSR count). The fourth-order valence-electron chi connectivity index (χ4n) is 3.59. The molecule has 1 aromatic heterocycles. The zero-order valence-electron chi connectivity index (χ0n) is 17.1. The lowest BCUT2D eigenvalue weighted by Crippen LogP contribution is -2.43. The van der Waals surface area contributed by atoms with E-state index in [-0.39, 0.29) is 10.8 Å². The summed E-state index contributed by atoms with van der Waals surface area (Å²) in [6, 6.07) is 11.3. The summed E-state index contributed by atoms with van der Waals surface area (Å²) in [4.78, 5) is 17.6. The van der Waals surface area contributed by atoms with Gasteiger partial charge in [-0.2, -0.15) is 4.31 Å². The highest BCUT2D eigenvalue weighted by Crippen LogP contribution is 2.30. The number of rotatable bonds is 5. The highest BCUT2D eigenvalue weighted by Gasteiger charge is 2.39. The summed E-state index contributed by atoms with van der Waals surface area (Å²) in [5.74, 6) is -0.365. The van der Waals surface area contributed by atoms with Gasteiger partial charge in [-0.15, -0.1) is 11.3 Å². The van der Waals surface area contributed by atoms with Gasteiger partial charge in [0.25, 0.3) is 0 Å². The highest BCUT2D eigenvalue weighted by atomic mass is 35.5. The number of sulfonamides is 1. The number of nitrogens with one attached hydrogen (secondary N) is 1. The van der Waals surface area contributed by atoms with Crippen molar-refractivity contribution in [1.29, 1.82) is 0 Å². The number of hydrogen-bond donors (Lipinski definition) is 1. The minimum atomic E-state index is -3.79. The molecule has 1 aliphatic heterocycles. The van der Waals surface area contributed by atoms with Crippen molar-refractivity contribution in [2.75, 3.05) is 11.9 Å². The van der Waals surface area contributed by atoms with Gasteiger partial charge < -0.3 is 5.32 Å². The SMILES string of the molecule is Cc1ccc(-c2csc(NC(=O)C3CCCN3S(=O)(=O)c3ccc(Cl)cc3)n2)cc1C. The second kappa shape index (κ2) is 8.70. The van der Waals surface area contributed by atoms with Crippen LogP contribution in [0.25, 0.3) is 11.3 Å². The van der Waals surface area contributed by atoms with Crippen molar-refractivity contribution >= 4 is 44.0 Å². The van der Waals surface area contributed by atoms with Crippen LogP contribution in [0, 0.1) is 13.8 Å². The fourth-order valence-corrected chi connectivity index (χ4v) is 6.09. The number of halogens is 1. The van der Waals surface area contributed by atoms with Crippen LogP contribution in [0.15, 0.2) is 52.7 Å². The molecule has 6 nitrogen and oxygen atoms in total. The molecule has 0 spiro atoms. The molecule has 0 aliphatic carbocycles. The number of carbonyl (C=O) groups excluding carboxylic acids is 1. The van der Waals surface area contributed by atoms with Gasteiger partial charge in [0.15, 0.2) is 5.13 Å². The van der Waals surface area contributed by atoms with E-state index in [1.54, 1.807) is 0 Å². The summed E-state index contributed by atoms with van der Waals surface area (Å²) in [5.41, 5.74) is 4.13. The van der Waals surface area contributed by atoms with Gasteiger partial charge >= 0.3 is 0 Å². The third-order valence-corrected chi connectivity index (χ3v) is 8.40. The summed E-state index contributed by atoms with van der Waals surface area (Å²) in [5, 5.41) is 5.60. The largest absolute Gasteiger partial charge is 0.301 e. The van der Waals surface area contributed by atoms with Crippen molar-refractivity contribution < 1.29 is 13.2 Å². The topological polar surface area (TPSA) is 79.4 Å². The lowest BCUT2D eigenvalue weighted by Gasteiger charge is -2.23. The van der Waals surface area contributed by atoms with E-state index in [0.717, 1.165) is 11.3 Å². The minimum absolute atomic E-state index is 0.128. The summed E-state index contributed by atoms with van der Waals surface area (Å²) >= 11 is 7.20. The number of nitrogens with zero attached hydrogens (tertiary/aromatic N) is 2. The van der Waals surface area contributed by atoms with Crippen molar-refractivity contribution in [3.63, 3.8) is 0 Å². The number of carbonyl (C=O) groups is 1.